The number of hydrogen-bond acceptors (Lipinski definition) is 11. The molecule has 0 saturated carbocycles. The summed E-state index contributed by atoms with van der Waals surface area (Å²) in [6.45, 7) is 3.95. The van der Waals surface area contributed by atoms with Crippen LogP contribution in [0.1, 0.15) is 36.1 Å². The molecule has 1 aliphatic rings. The number of aliphatic hydroxyl groups is 2. The molecular weight excluding hydrogens is 741 g/mol. The number of nitrogens with zero attached hydrogens (tertiary/aromatic N) is 2. The van der Waals surface area contributed by atoms with Crippen molar-refractivity contribution in [3.63, 3.8) is 0 Å². The summed E-state index contributed by atoms with van der Waals surface area (Å²) in [4.78, 5) is 30.5. The predicted octanol–water partition coefficient (Wildman–Crippen LogP) is 5.84. The molecule has 15 heteroatoms. The first-order valence-corrected chi connectivity index (χ1v) is 20.2. The minimum absolute atomic E-state index is 0.00417. The van der Waals surface area contributed by atoms with E-state index in [1.807, 2.05) is 12.1 Å². The van der Waals surface area contributed by atoms with Gasteiger partial charge in [-0.05, 0) is 97.5 Å². The molecule has 5 rings (SSSR count). The van der Waals surface area contributed by atoms with Gasteiger partial charge in [-0.3, -0.25) is 4.57 Å². The third kappa shape index (κ3) is 11.2. The van der Waals surface area contributed by atoms with Crippen LogP contribution in [-0.2, 0) is 39.5 Å². The number of benzene rings is 4. The Hall–Kier alpha value is -5.11. The van der Waals surface area contributed by atoms with Crippen LogP contribution in [-0.4, -0.2) is 99.7 Å². The van der Waals surface area contributed by atoms with Crippen LogP contribution in [0.3, 0.4) is 0 Å². The number of aromatic hydroxyl groups is 2. The standard InChI is InChI=1S/C41H50N3O11P/c1-4-53-56(51,54-5-2)23-22-42-40(49)55-35-20-12-29(13-21-35)25-37-39(48)38(47)36(24-28-10-18-34(52-3)19-11-28)43(26-30-6-14-32(45)15-7-30)41(50)44(37)27-31-8-16-33(46)17-9-31/h6-21,36-39,45-48H,4-5,22-27H2,1-3H3,(H,42,49)/t36-,37-,38+,39+/m1/s1. The first kappa shape index (κ1) is 42.0. The van der Waals surface area contributed by atoms with Gasteiger partial charge >= 0.3 is 19.7 Å². The van der Waals surface area contributed by atoms with Crippen molar-refractivity contribution in [3.8, 4) is 23.0 Å². The molecule has 1 heterocycles. The molecule has 0 bridgehead atoms. The molecule has 1 saturated heterocycles. The Morgan fingerprint density at radius 1 is 0.679 bits per heavy atom. The van der Waals surface area contributed by atoms with Crippen molar-refractivity contribution >= 4 is 19.7 Å². The normalized spacial score (nSPS) is 18.7. The van der Waals surface area contributed by atoms with E-state index in [1.54, 1.807) is 86.5 Å². The summed E-state index contributed by atoms with van der Waals surface area (Å²) < 4.78 is 33.9. The molecule has 3 amide bonds. The second kappa shape index (κ2) is 19.7. The summed E-state index contributed by atoms with van der Waals surface area (Å²) in [5.41, 5.74) is 2.89. The Balaban J connectivity index is 1.41. The van der Waals surface area contributed by atoms with E-state index in [0.717, 1.165) is 5.56 Å². The summed E-state index contributed by atoms with van der Waals surface area (Å²) in [5, 5.41) is 46.5. The third-order valence-corrected chi connectivity index (χ3v) is 11.6. The van der Waals surface area contributed by atoms with Crippen molar-refractivity contribution in [1.82, 2.24) is 15.1 Å². The zero-order chi connectivity index (χ0) is 40.2. The molecule has 300 valence electrons. The van der Waals surface area contributed by atoms with Crippen molar-refractivity contribution in [2.45, 2.75) is 64.1 Å². The van der Waals surface area contributed by atoms with Gasteiger partial charge < -0.3 is 54.1 Å². The van der Waals surface area contributed by atoms with Crippen molar-refractivity contribution in [3.05, 3.63) is 119 Å². The minimum Gasteiger partial charge on any atom is -0.508 e. The quantitative estimate of drug-likeness (QED) is 0.0809. The summed E-state index contributed by atoms with van der Waals surface area (Å²) in [5.74, 6) is 1.00. The molecule has 4 atom stereocenters. The first-order chi connectivity index (χ1) is 26.9. The van der Waals surface area contributed by atoms with Crippen LogP contribution >= 0.6 is 7.60 Å². The van der Waals surface area contributed by atoms with Gasteiger partial charge in [0.2, 0.25) is 0 Å². The number of urea groups is 1. The molecule has 1 fully saturated rings. The zero-order valence-electron chi connectivity index (χ0n) is 31.7. The van der Waals surface area contributed by atoms with Crippen LogP contribution < -0.4 is 14.8 Å². The molecule has 14 nitrogen and oxygen atoms in total. The second-order valence-electron chi connectivity index (χ2n) is 13.4. The molecule has 4 aromatic carbocycles. The van der Waals surface area contributed by atoms with Crippen molar-refractivity contribution in [2.24, 2.45) is 0 Å². The van der Waals surface area contributed by atoms with Gasteiger partial charge in [-0.1, -0.05) is 48.5 Å². The molecule has 0 spiro atoms. The van der Waals surface area contributed by atoms with E-state index in [1.165, 1.54) is 29.2 Å². The van der Waals surface area contributed by atoms with Gasteiger partial charge in [-0.25, -0.2) is 9.59 Å². The molecular formula is C41H50N3O11P. The predicted molar refractivity (Wildman–Crippen MR) is 209 cm³/mol. The fourth-order valence-electron chi connectivity index (χ4n) is 6.64. The monoisotopic (exact) mass is 791 g/mol. The molecule has 0 aliphatic carbocycles. The SMILES string of the molecule is CCOP(=O)(CCNC(=O)Oc1ccc(C[C@@H]2[C@H](O)[C@@H](O)[C@@H](Cc3ccc(OC)cc3)N(Cc3ccc(O)cc3)C(=O)N2Cc2ccc(O)cc2)cc1)OCC. The Kier molecular flexibility index (Phi) is 14.8. The maximum atomic E-state index is 14.9. The lowest BCUT2D eigenvalue weighted by Gasteiger charge is -2.36. The number of rotatable bonds is 17. The number of carbonyl (C=O) groups excluding carboxylic acids is 2. The number of nitrogens with one attached hydrogen (secondary N) is 1. The average Bonchev–Trinajstić information content (AvgIpc) is 3.24. The van der Waals surface area contributed by atoms with Gasteiger partial charge in [-0.2, -0.15) is 0 Å². The number of aliphatic hydroxyl groups excluding tert-OH is 2. The highest BCUT2D eigenvalue weighted by molar-refractivity contribution is 7.53. The fourth-order valence-corrected chi connectivity index (χ4v) is 8.14. The number of carbonyl (C=O) groups is 2. The number of phenols is 2. The Morgan fingerprint density at radius 2 is 1.09 bits per heavy atom. The van der Waals surface area contributed by atoms with E-state index in [0.29, 0.717) is 22.4 Å². The van der Waals surface area contributed by atoms with E-state index >= 15 is 0 Å². The highest BCUT2D eigenvalue weighted by atomic mass is 31.2. The highest BCUT2D eigenvalue weighted by Crippen LogP contribution is 2.47. The number of methoxy groups -OCH3 is 1. The zero-order valence-corrected chi connectivity index (χ0v) is 32.6. The Morgan fingerprint density at radius 3 is 1.50 bits per heavy atom. The molecule has 4 aromatic rings. The Bertz CT molecular complexity index is 1900. The first-order valence-electron chi connectivity index (χ1n) is 18.5. The third-order valence-electron chi connectivity index (χ3n) is 9.50. The second-order valence-corrected chi connectivity index (χ2v) is 15.6. The molecule has 0 unspecified atom stereocenters. The van der Waals surface area contributed by atoms with Gasteiger partial charge in [-0.15, -0.1) is 0 Å². The van der Waals surface area contributed by atoms with E-state index < -0.39 is 44.0 Å². The maximum Gasteiger partial charge on any atom is 0.412 e. The van der Waals surface area contributed by atoms with Crippen molar-refractivity contribution in [2.75, 3.05) is 33.0 Å². The van der Waals surface area contributed by atoms with Crippen LogP contribution in [0.4, 0.5) is 9.59 Å². The van der Waals surface area contributed by atoms with Gasteiger partial charge in [0.1, 0.15) is 35.2 Å². The summed E-state index contributed by atoms with van der Waals surface area (Å²) in [6.07, 6.45) is -3.24. The summed E-state index contributed by atoms with van der Waals surface area (Å²) in [6, 6.07) is 24.5. The summed E-state index contributed by atoms with van der Waals surface area (Å²) >= 11 is 0. The van der Waals surface area contributed by atoms with Crippen molar-refractivity contribution in [1.29, 1.82) is 0 Å². The molecule has 0 aromatic heterocycles. The minimum atomic E-state index is -3.34. The lowest BCUT2D eigenvalue weighted by Crippen LogP contribution is -2.50. The van der Waals surface area contributed by atoms with Gasteiger partial charge in [0.05, 0.1) is 38.6 Å². The van der Waals surface area contributed by atoms with Crippen molar-refractivity contribution < 1.29 is 53.1 Å². The fraction of sp³-hybridized carbons (Fsp3) is 0.366. The Labute approximate surface area is 326 Å². The number of phenolic OH excluding ortho intramolecular Hbond substituents is 2. The van der Waals surface area contributed by atoms with E-state index in [9.17, 15) is 34.6 Å². The molecule has 56 heavy (non-hydrogen) atoms. The summed E-state index contributed by atoms with van der Waals surface area (Å²) in [7, 11) is -1.78. The average molecular weight is 792 g/mol. The van der Waals surface area contributed by atoms with E-state index in [-0.39, 0.29) is 69.1 Å². The number of hydrogen-bond donors (Lipinski definition) is 5. The van der Waals surface area contributed by atoms with Crippen LogP contribution in [0, 0.1) is 0 Å². The molecule has 0 radical (unpaired) electrons. The van der Waals surface area contributed by atoms with Crippen LogP contribution in [0.2, 0.25) is 0 Å². The lowest BCUT2D eigenvalue weighted by molar-refractivity contribution is -0.0408. The van der Waals surface area contributed by atoms with Gasteiger partial charge in [0, 0.05) is 19.6 Å². The highest BCUT2D eigenvalue weighted by Gasteiger charge is 2.46. The van der Waals surface area contributed by atoms with Crippen LogP contribution in [0.5, 0.6) is 23.0 Å². The topological polar surface area (TPSA) is 188 Å². The maximum absolute atomic E-state index is 14.9. The van der Waals surface area contributed by atoms with E-state index in [4.69, 9.17) is 18.5 Å². The molecule has 1 aliphatic heterocycles. The number of amides is 3. The smallest absolute Gasteiger partial charge is 0.412 e. The van der Waals surface area contributed by atoms with Gasteiger partial charge in [0.25, 0.3) is 0 Å². The largest absolute Gasteiger partial charge is 0.508 e. The van der Waals surface area contributed by atoms with Gasteiger partial charge in [0.15, 0.2) is 0 Å². The number of ether oxygens (including phenoxy) is 2. The lowest BCUT2D eigenvalue weighted by atomic mass is 9.90. The van der Waals surface area contributed by atoms with Crippen LogP contribution in [0.15, 0.2) is 97.1 Å². The van der Waals surface area contributed by atoms with E-state index in [2.05, 4.69) is 5.32 Å². The molecule has 5 N–H and O–H groups in total. The van der Waals surface area contributed by atoms with Crippen LogP contribution in [0.25, 0.3) is 0 Å².